The molecule has 3 aromatic rings. The summed E-state index contributed by atoms with van der Waals surface area (Å²) < 4.78 is 39.8. The highest BCUT2D eigenvalue weighted by Gasteiger charge is 2.28. The lowest BCUT2D eigenvalue weighted by Gasteiger charge is -2.11. The van der Waals surface area contributed by atoms with Gasteiger partial charge in [0, 0.05) is 10.6 Å². The molecule has 0 radical (unpaired) electrons. The maximum absolute atomic E-state index is 12.8. The van der Waals surface area contributed by atoms with E-state index in [-0.39, 0.29) is 5.84 Å². The Kier molecular flexibility index (Phi) is 3.62. The van der Waals surface area contributed by atoms with Crippen molar-refractivity contribution in [3.05, 3.63) is 65.4 Å². The Balaban J connectivity index is 2.22. The average Bonchev–Trinajstić information content (AvgIpc) is 2.89. The summed E-state index contributed by atoms with van der Waals surface area (Å²) in [5.74, 6) is -0.252. The summed E-state index contributed by atoms with van der Waals surface area (Å²) >= 11 is 5.79. The number of hydrogen-bond acceptors (Lipinski definition) is 2. The van der Waals surface area contributed by atoms with E-state index < -0.39 is 6.30 Å². The van der Waals surface area contributed by atoms with Gasteiger partial charge in [0.1, 0.15) is 12.2 Å². The molecule has 3 rings (SSSR count). The Morgan fingerprint density at radius 1 is 1.05 bits per heavy atom. The van der Waals surface area contributed by atoms with Crippen molar-refractivity contribution in [2.24, 2.45) is 4.99 Å². The molecule has 0 fully saturated rings. The lowest BCUT2D eigenvalue weighted by atomic mass is 10.2. The van der Waals surface area contributed by atoms with Crippen molar-refractivity contribution in [1.82, 2.24) is 9.55 Å². The molecule has 1 heterocycles. The monoisotopic (exact) mass is 323 g/mol. The first-order valence-electron chi connectivity index (χ1n) is 6.29. The van der Waals surface area contributed by atoms with E-state index in [0.29, 0.717) is 21.6 Å². The quantitative estimate of drug-likeness (QED) is 0.368. The van der Waals surface area contributed by atoms with Crippen molar-refractivity contribution in [2.75, 3.05) is 0 Å². The molecule has 112 valence electrons. The normalized spacial score (nSPS) is 12.8. The molecule has 0 N–H and O–H groups in total. The second kappa shape index (κ2) is 5.46. The van der Waals surface area contributed by atoms with Gasteiger partial charge in [-0.15, -0.1) is 13.2 Å². The van der Waals surface area contributed by atoms with E-state index in [2.05, 4.69) is 9.98 Å². The number of imidazole rings is 1. The number of alkyl halides is 3. The van der Waals surface area contributed by atoms with Crippen molar-refractivity contribution >= 4 is 28.5 Å². The summed E-state index contributed by atoms with van der Waals surface area (Å²) in [6.45, 7) is 0. The molecule has 0 spiro atoms. The summed E-state index contributed by atoms with van der Waals surface area (Å²) in [5.41, 5.74) is 1.43. The minimum absolute atomic E-state index is 0.252. The lowest BCUT2D eigenvalue weighted by molar-refractivity contribution is -0.119. The summed E-state index contributed by atoms with van der Waals surface area (Å²) in [7, 11) is 0. The van der Waals surface area contributed by atoms with Gasteiger partial charge < -0.3 is 0 Å². The smallest absolute Gasteiger partial charge is 0.282 e. The highest BCUT2D eigenvalue weighted by Crippen LogP contribution is 2.22. The molecule has 7 heteroatoms. The standard InChI is InChI=1S/C15H9ClF3N3/c16-11-7-5-10(6-8-11)14(21-15(17,18)19)22-9-20-12-3-1-2-4-13(12)22/h1-9H/b21-14+. The summed E-state index contributed by atoms with van der Waals surface area (Å²) in [4.78, 5) is 7.00. The number of benzene rings is 2. The molecule has 3 nitrogen and oxygen atoms in total. The van der Waals surface area contributed by atoms with E-state index in [4.69, 9.17) is 11.6 Å². The van der Waals surface area contributed by atoms with Crippen LogP contribution in [0.4, 0.5) is 13.2 Å². The van der Waals surface area contributed by atoms with Gasteiger partial charge in [-0.05, 0) is 36.4 Å². The molecule has 0 atom stereocenters. The number of para-hydroxylation sites is 2. The van der Waals surface area contributed by atoms with E-state index in [1.165, 1.54) is 35.2 Å². The molecular formula is C15H9ClF3N3. The van der Waals surface area contributed by atoms with Gasteiger partial charge in [0.25, 0.3) is 0 Å². The molecule has 0 amide bonds. The largest absolute Gasteiger partial charge is 0.505 e. The summed E-state index contributed by atoms with van der Waals surface area (Å²) in [6, 6.07) is 12.9. The first-order valence-corrected chi connectivity index (χ1v) is 6.67. The number of fused-ring (bicyclic) bond motifs is 1. The highest BCUT2D eigenvalue weighted by atomic mass is 35.5. The molecule has 0 unspecified atom stereocenters. The number of aliphatic imine (C=N–C) groups is 1. The fourth-order valence-electron chi connectivity index (χ4n) is 2.10. The second-order valence-electron chi connectivity index (χ2n) is 4.51. The zero-order valence-electron chi connectivity index (χ0n) is 11.0. The first-order chi connectivity index (χ1) is 10.4. The molecule has 0 saturated heterocycles. The van der Waals surface area contributed by atoms with Crippen LogP contribution >= 0.6 is 11.6 Å². The van der Waals surface area contributed by atoms with Gasteiger partial charge in [-0.25, -0.2) is 4.98 Å². The van der Waals surface area contributed by atoms with Gasteiger partial charge in [0.15, 0.2) is 0 Å². The van der Waals surface area contributed by atoms with Crippen molar-refractivity contribution in [3.8, 4) is 0 Å². The van der Waals surface area contributed by atoms with Crippen LogP contribution in [0.25, 0.3) is 11.0 Å². The zero-order chi connectivity index (χ0) is 15.7. The third kappa shape index (κ3) is 2.96. The fraction of sp³-hybridized carbons (Fsp3) is 0.0667. The Hall–Kier alpha value is -2.34. The van der Waals surface area contributed by atoms with Crippen LogP contribution in [0.15, 0.2) is 59.9 Å². The van der Waals surface area contributed by atoms with Crippen LogP contribution in [0.2, 0.25) is 5.02 Å². The Morgan fingerprint density at radius 2 is 1.73 bits per heavy atom. The number of aromatic nitrogens is 2. The van der Waals surface area contributed by atoms with Gasteiger partial charge in [-0.2, -0.15) is 4.99 Å². The highest BCUT2D eigenvalue weighted by molar-refractivity contribution is 6.30. The Labute approximate surface area is 128 Å². The fourth-order valence-corrected chi connectivity index (χ4v) is 2.23. The van der Waals surface area contributed by atoms with Crippen molar-refractivity contribution in [2.45, 2.75) is 6.30 Å². The number of halogens is 4. The van der Waals surface area contributed by atoms with Crippen LogP contribution in [0.1, 0.15) is 5.56 Å². The molecule has 0 aliphatic heterocycles. The first kappa shape index (κ1) is 14.6. The van der Waals surface area contributed by atoms with Gasteiger partial charge in [-0.3, -0.25) is 4.57 Å². The van der Waals surface area contributed by atoms with Crippen molar-refractivity contribution < 1.29 is 13.2 Å². The third-order valence-corrected chi connectivity index (χ3v) is 3.27. The topological polar surface area (TPSA) is 30.2 Å². The van der Waals surface area contributed by atoms with Gasteiger partial charge >= 0.3 is 6.30 Å². The zero-order valence-corrected chi connectivity index (χ0v) is 11.8. The maximum Gasteiger partial charge on any atom is 0.505 e. The van der Waals surface area contributed by atoms with Crippen molar-refractivity contribution in [1.29, 1.82) is 0 Å². The van der Waals surface area contributed by atoms with E-state index in [0.717, 1.165) is 0 Å². The van der Waals surface area contributed by atoms with Crippen LogP contribution in [-0.2, 0) is 0 Å². The lowest BCUT2D eigenvalue weighted by Crippen LogP contribution is -2.18. The molecule has 1 aromatic heterocycles. The molecule has 0 bridgehead atoms. The number of nitrogens with zero attached hydrogens (tertiary/aromatic N) is 3. The predicted octanol–water partition coefficient (Wildman–Crippen LogP) is 4.50. The Bertz CT molecular complexity index is 835. The van der Waals surface area contributed by atoms with Gasteiger partial charge in [-0.1, -0.05) is 23.7 Å². The number of hydrogen-bond donors (Lipinski definition) is 0. The van der Waals surface area contributed by atoms with Crippen LogP contribution < -0.4 is 0 Å². The van der Waals surface area contributed by atoms with Crippen LogP contribution in [0.3, 0.4) is 0 Å². The second-order valence-corrected chi connectivity index (χ2v) is 4.95. The molecule has 0 saturated carbocycles. The molecular weight excluding hydrogens is 315 g/mol. The summed E-state index contributed by atoms with van der Waals surface area (Å²) in [6.07, 6.45) is -3.37. The minimum atomic E-state index is -4.69. The Morgan fingerprint density at radius 3 is 2.41 bits per heavy atom. The van der Waals surface area contributed by atoms with E-state index in [1.807, 2.05) is 0 Å². The SMILES string of the molecule is FC(F)(F)/N=C(\c1ccc(Cl)cc1)n1cnc2ccccc21. The molecule has 0 aliphatic carbocycles. The van der Waals surface area contributed by atoms with Crippen LogP contribution in [0, 0.1) is 0 Å². The minimum Gasteiger partial charge on any atom is -0.282 e. The van der Waals surface area contributed by atoms with E-state index in [1.54, 1.807) is 24.3 Å². The number of rotatable bonds is 1. The summed E-state index contributed by atoms with van der Waals surface area (Å²) in [5, 5.41) is 0.436. The van der Waals surface area contributed by atoms with E-state index >= 15 is 0 Å². The predicted molar refractivity (Wildman–Crippen MR) is 79.2 cm³/mol. The van der Waals surface area contributed by atoms with Gasteiger partial charge in [0.05, 0.1) is 11.0 Å². The molecule has 22 heavy (non-hydrogen) atoms. The van der Waals surface area contributed by atoms with Gasteiger partial charge in [0.2, 0.25) is 0 Å². The average molecular weight is 324 g/mol. The van der Waals surface area contributed by atoms with Crippen molar-refractivity contribution in [3.63, 3.8) is 0 Å². The molecule has 2 aromatic carbocycles. The van der Waals surface area contributed by atoms with Crippen LogP contribution in [0.5, 0.6) is 0 Å². The van der Waals surface area contributed by atoms with E-state index in [9.17, 15) is 13.2 Å². The third-order valence-electron chi connectivity index (χ3n) is 3.02. The van der Waals surface area contributed by atoms with Crippen LogP contribution in [-0.4, -0.2) is 21.7 Å². The maximum atomic E-state index is 12.8. The molecule has 0 aliphatic rings.